The summed E-state index contributed by atoms with van der Waals surface area (Å²) in [4.78, 5) is 38.0. The molecule has 21 heavy (non-hydrogen) atoms. The number of para-hydroxylation sites is 1. The fourth-order valence-corrected chi connectivity index (χ4v) is 2.64. The van der Waals surface area contributed by atoms with E-state index < -0.39 is 17.8 Å². The van der Waals surface area contributed by atoms with Crippen LogP contribution in [0.4, 0.5) is 10.5 Å². The average Bonchev–Trinajstić information content (AvgIpc) is 2.97. The number of barbiturate groups is 1. The van der Waals surface area contributed by atoms with Gasteiger partial charge in [0.25, 0.3) is 11.8 Å². The molecule has 1 fully saturated rings. The molecule has 4 amide bonds. The Hall–Kier alpha value is -2.73. The lowest BCUT2D eigenvalue weighted by Crippen LogP contribution is -2.54. The molecule has 1 aliphatic heterocycles. The molecule has 2 heterocycles. The standard InChI is InChI=1S/C15H10N2O3S/c18-13-12(9-11-7-4-8-21-11)14(19)17(15(20)16-13)10-5-2-1-3-6-10/h1-9H,(H,16,18,20)/b12-9-. The molecular formula is C15H10N2O3S. The third-order valence-corrected chi connectivity index (χ3v) is 3.77. The van der Waals surface area contributed by atoms with Gasteiger partial charge in [-0.2, -0.15) is 0 Å². The SMILES string of the molecule is O=C1NC(=O)N(c2ccccc2)C(=O)/C1=C\c1cccs1. The third kappa shape index (κ3) is 2.48. The van der Waals surface area contributed by atoms with Gasteiger partial charge < -0.3 is 0 Å². The fraction of sp³-hybridized carbons (Fsp3) is 0. The molecule has 0 atom stereocenters. The number of imide groups is 2. The molecule has 0 unspecified atom stereocenters. The summed E-state index contributed by atoms with van der Waals surface area (Å²) in [6, 6.07) is 11.4. The first-order chi connectivity index (χ1) is 10.2. The van der Waals surface area contributed by atoms with Crippen molar-refractivity contribution in [2.75, 3.05) is 4.90 Å². The van der Waals surface area contributed by atoms with E-state index in [-0.39, 0.29) is 5.57 Å². The first-order valence-corrected chi connectivity index (χ1v) is 7.05. The summed E-state index contributed by atoms with van der Waals surface area (Å²) in [6.45, 7) is 0. The molecule has 1 aliphatic rings. The van der Waals surface area contributed by atoms with Gasteiger partial charge in [-0.25, -0.2) is 9.69 Å². The zero-order valence-electron chi connectivity index (χ0n) is 10.8. The number of carbonyl (C=O) groups is 3. The maximum atomic E-state index is 12.5. The number of rotatable bonds is 2. The van der Waals surface area contributed by atoms with Gasteiger partial charge in [0.05, 0.1) is 5.69 Å². The molecule has 0 spiro atoms. The summed E-state index contributed by atoms with van der Waals surface area (Å²) in [5, 5.41) is 4.03. The highest BCUT2D eigenvalue weighted by atomic mass is 32.1. The van der Waals surface area contributed by atoms with Gasteiger partial charge in [-0.15, -0.1) is 11.3 Å². The van der Waals surface area contributed by atoms with Crippen molar-refractivity contribution >= 4 is 40.9 Å². The minimum Gasteiger partial charge on any atom is -0.273 e. The first kappa shape index (κ1) is 13.3. The number of hydrogen-bond acceptors (Lipinski definition) is 4. The second kappa shape index (κ2) is 5.34. The normalized spacial score (nSPS) is 17.2. The molecule has 1 N–H and O–H groups in total. The number of nitrogens with one attached hydrogen (secondary N) is 1. The van der Waals surface area contributed by atoms with Crippen LogP contribution < -0.4 is 10.2 Å². The highest BCUT2D eigenvalue weighted by Gasteiger charge is 2.36. The monoisotopic (exact) mass is 298 g/mol. The van der Waals surface area contributed by atoms with E-state index >= 15 is 0 Å². The zero-order valence-corrected chi connectivity index (χ0v) is 11.6. The van der Waals surface area contributed by atoms with E-state index in [1.165, 1.54) is 17.4 Å². The van der Waals surface area contributed by atoms with Crippen LogP contribution in [-0.2, 0) is 9.59 Å². The van der Waals surface area contributed by atoms with Gasteiger partial charge in [0.15, 0.2) is 0 Å². The highest BCUT2D eigenvalue weighted by molar-refractivity contribution is 7.10. The Morgan fingerprint density at radius 1 is 1.00 bits per heavy atom. The van der Waals surface area contributed by atoms with Crippen LogP contribution >= 0.6 is 11.3 Å². The number of hydrogen-bond donors (Lipinski definition) is 1. The number of thiophene rings is 1. The zero-order chi connectivity index (χ0) is 14.8. The topological polar surface area (TPSA) is 66.5 Å². The lowest BCUT2D eigenvalue weighted by atomic mass is 10.1. The number of anilines is 1. The van der Waals surface area contributed by atoms with E-state index in [4.69, 9.17) is 0 Å². The number of benzene rings is 1. The summed E-state index contributed by atoms with van der Waals surface area (Å²) < 4.78 is 0. The lowest BCUT2D eigenvalue weighted by molar-refractivity contribution is -0.122. The van der Waals surface area contributed by atoms with E-state index in [1.807, 2.05) is 11.4 Å². The Labute approximate surface area is 124 Å². The maximum absolute atomic E-state index is 12.5. The molecule has 1 aromatic heterocycles. The molecule has 0 bridgehead atoms. The van der Waals surface area contributed by atoms with E-state index in [2.05, 4.69) is 5.32 Å². The van der Waals surface area contributed by atoms with Crippen molar-refractivity contribution in [1.29, 1.82) is 0 Å². The summed E-state index contributed by atoms with van der Waals surface area (Å²) in [5.41, 5.74) is 0.366. The minimum atomic E-state index is -0.737. The molecule has 104 valence electrons. The van der Waals surface area contributed by atoms with Crippen LogP contribution in [0.25, 0.3) is 6.08 Å². The number of urea groups is 1. The first-order valence-electron chi connectivity index (χ1n) is 6.17. The number of nitrogens with zero attached hydrogens (tertiary/aromatic N) is 1. The molecule has 2 aromatic rings. The summed E-state index contributed by atoms with van der Waals surface area (Å²) >= 11 is 1.41. The smallest absolute Gasteiger partial charge is 0.273 e. The Kier molecular flexibility index (Phi) is 3.37. The maximum Gasteiger partial charge on any atom is 0.335 e. The van der Waals surface area contributed by atoms with Gasteiger partial charge in [0.1, 0.15) is 5.57 Å². The van der Waals surface area contributed by atoms with E-state index in [1.54, 1.807) is 36.4 Å². The summed E-state index contributed by atoms with van der Waals surface area (Å²) in [7, 11) is 0. The van der Waals surface area contributed by atoms with Crippen LogP contribution in [0.5, 0.6) is 0 Å². The van der Waals surface area contributed by atoms with Gasteiger partial charge in [0.2, 0.25) is 0 Å². The summed E-state index contributed by atoms with van der Waals surface area (Å²) in [6.07, 6.45) is 1.49. The number of carbonyl (C=O) groups excluding carboxylic acids is 3. The van der Waals surface area contributed by atoms with Gasteiger partial charge in [0, 0.05) is 4.88 Å². The number of amides is 4. The Morgan fingerprint density at radius 2 is 1.76 bits per heavy atom. The second-order valence-electron chi connectivity index (χ2n) is 4.31. The van der Waals surface area contributed by atoms with Crippen molar-refractivity contribution in [3.05, 3.63) is 58.3 Å². The Morgan fingerprint density at radius 3 is 2.43 bits per heavy atom. The van der Waals surface area contributed by atoms with Gasteiger partial charge >= 0.3 is 6.03 Å². The summed E-state index contributed by atoms with van der Waals surface area (Å²) in [5.74, 6) is -1.30. The van der Waals surface area contributed by atoms with E-state index in [0.717, 1.165) is 9.78 Å². The lowest BCUT2D eigenvalue weighted by Gasteiger charge is -2.26. The molecule has 1 aromatic carbocycles. The predicted octanol–water partition coefficient (Wildman–Crippen LogP) is 2.41. The highest BCUT2D eigenvalue weighted by Crippen LogP contribution is 2.22. The fourth-order valence-electron chi connectivity index (χ4n) is 1.98. The van der Waals surface area contributed by atoms with Crippen LogP contribution in [0.3, 0.4) is 0 Å². The quantitative estimate of drug-likeness (QED) is 0.684. The van der Waals surface area contributed by atoms with Crippen molar-refractivity contribution in [2.24, 2.45) is 0 Å². The van der Waals surface area contributed by atoms with E-state index in [9.17, 15) is 14.4 Å². The van der Waals surface area contributed by atoms with E-state index in [0.29, 0.717) is 5.69 Å². The van der Waals surface area contributed by atoms with Gasteiger partial charge in [-0.05, 0) is 29.7 Å². The molecular weight excluding hydrogens is 288 g/mol. The van der Waals surface area contributed by atoms with Crippen molar-refractivity contribution in [3.63, 3.8) is 0 Å². The van der Waals surface area contributed by atoms with Crippen molar-refractivity contribution in [3.8, 4) is 0 Å². The average molecular weight is 298 g/mol. The molecule has 0 aliphatic carbocycles. The molecule has 5 nitrogen and oxygen atoms in total. The molecule has 1 saturated heterocycles. The molecule has 0 radical (unpaired) electrons. The van der Waals surface area contributed by atoms with Crippen LogP contribution in [0.15, 0.2) is 53.4 Å². The van der Waals surface area contributed by atoms with Gasteiger partial charge in [-0.3, -0.25) is 14.9 Å². The molecule has 3 rings (SSSR count). The van der Waals surface area contributed by atoms with Crippen molar-refractivity contribution in [2.45, 2.75) is 0 Å². The van der Waals surface area contributed by atoms with Crippen LogP contribution in [0.2, 0.25) is 0 Å². The van der Waals surface area contributed by atoms with Gasteiger partial charge in [-0.1, -0.05) is 24.3 Å². The van der Waals surface area contributed by atoms with Crippen LogP contribution in [-0.4, -0.2) is 17.8 Å². The van der Waals surface area contributed by atoms with Crippen molar-refractivity contribution < 1.29 is 14.4 Å². The largest absolute Gasteiger partial charge is 0.335 e. The Balaban J connectivity index is 2.02. The van der Waals surface area contributed by atoms with Crippen LogP contribution in [0.1, 0.15) is 4.88 Å². The molecule has 6 heteroatoms. The third-order valence-electron chi connectivity index (χ3n) is 2.95. The molecule has 0 saturated carbocycles. The minimum absolute atomic E-state index is 0.0547. The second-order valence-corrected chi connectivity index (χ2v) is 5.29. The van der Waals surface area contributed by atoms with Crippen LogP contribution in [0, 0.1) is 0 Å². The Bertz CT molecular complexity index is 736. The predicted molar refractivity (Wildman–Crippen MR) is 79.8 cm³/mol. The van der Waals surface area contributed by atoms with Crippen molar-refractivity contribution in [1.82, 2.24) is 5.32 Å².